The number of rotatable bonds is 7. The van der Waals surface area contributed by atoms with E-state index in [1.54, 1.807) is 6.92 Å². The summed E-state index contributed by atoms with van der Waals surface area (Å²) in [6.45, 7) is 5.70. The van der Waals surface area contributed by atoms with Crippen LogP contribution in [0.2, 0.25) is 5.02 Å². The third kappa shape index (κ3) is 5.83. The molecule has 7 heteroatoms. The summed E-state index contributed by atoms with van der Waals surface area (Å²) >= 11 is 9.76. The fourth-order valence-corrected chi connectivity index (χ4v) is 5.63. The van der Waals surface area contributed by atoms with Gasteiger partial charge in [0.1, 0.15) is 5.82 Å². The molecule has 4 aromatic rings. The number of amides is 1. The normalized spacial score (nSPS) is 14.9. The maximum Gasteiger partial charge on any atom is 0.221 e. The van der Waals surface area contributed by atoms with Crippen LogP contribution in [0.1, 0.15) is 37.7 Å². The van der Waals surface area contributed by atoms with E-state index in [2.05, 4.69) is 55.0 Å². The zero-order chi connectivity index (χ0) is 25.1. The summed E-state index contributed by atoms with van der Waals surface area (Å²) in [7, 11) is 0. The fraction of sp³-hybridized carbons (Fsp3) is 0.310. The van der Waals surface area contributed by atoms with Crippen molar-refractivity contribution in [3.63, 3.8) is 0 Å². The average molecular weight is 566 g/mol. The highest BCUT2D eigenvalue weighted by Gasteiger charge is 2.21. The van der Waals surface area contributed by atoms with Crippen LogP contribution in [0.4, 0.5) is 5.69 Å². The summed E-state index contributed by atoms with van der Waals surface area (Å²) in [4.78, 5) is 18.9. The van der Waals surface area contributed by atoms with Crippen LogP contribution < -0.4 is 5.32 Å². The lowest BCUT2D eigenvalue weighted by Crippen LogP contribution is -2.34. The lowest BCUT2D eigenvalue weighted by Gasteiger charge is -2.32. The molecule has 36 heavy (non-hydrogen) atoms. The molecule has 1 fully saturated rings. The predicted molar refractivity (Wildman–Crippen MR) is 152 cm³/mol. The van der Waals surface area contributed by atoms with Crippen molar-refractivity contribution in [2.75, 3.05) is 25.0 Å². The van der Waals surface area contributed by atoms with Gasteiger partial charge in [0.25, 0.3) is 0 Å². The van der Waals surface area contributed by atoms with Crippen LogP contribution in [0.3, 0.4) is 0 Å². The molecule has 0 saturated carbocycles. The molecule has 1 aliphatic rings. The number of aromatic nitrogens is 2. The molecule has 0 atom stereocenters. The van der Waals surface area contributed by atoms with Crippen LogP contribution in [0.25, 0.3) is 22.4 Å². The standard InChI is InChI=1S/C29H30BrClN4O/c1-20(36)32-26-5-2-4-23(18-26)21-12-16-34(17-13-21)14-3-15-35-28-19-24(30)8-11-27(28)33-29(35)22-6-9-25(31)10-7-22/h2,4-11,18-19,21H,3,12-17H2,1H3,(H,32,36). The first-order valence-corrected chi connectivity index (χ1v) is 13.6. The zero-order valence-corrected chi connectivity index (χ0v) is 22.7. The van der Waals surface area contributed by atoms with Crippen LogP contribution in [0, 0.1) is 0 Å². The third-order valence-corrected chi connectivity index (χ3v) is 7.68. The number of fused-ring (bicyclic) bond motifs is 1. The average Bonchev–Trinajstić information content (AvgIpc) is 3.22. The summed E-state index contributed by atoms with van der Waals surface area (Å²) in [6, 6.07) is 22.5. The molecule has 0 unspecified atom stereocenters. The largest absolute Gasteiger partial charge is 0.326 e. The fourth-order valence-electron chi connectivity index (χ4n) is 5.16. The highest BCUT2D eigenvalue weighted by Crippen LogP contribution is 2.31. The first kappa shape index (κ1) is 25.0. The number of imidazole rings is 1. The van der Waals surface area contributed by atoms with Gasteiger partial charge in [-0.15, -0.1) is 0 Å². The lowest BCUT2D eigenvalue weighted by molar-refractivity contribution is -0.114. The quantitative estimate of drug-likeness (QED) is 0.255. The van der Waals surface area contributed by atoms with E-state index < -0.39 is 0 Å². The number of aryl methyl sites for hydroxylation is 1. The van der Waals surface area contributed by atoms with Crippen molar-refractivity contribution in [3.8, 4) is 11.4 Å². The van der Waals surface area contributed by atoms with Crippen molar-refractivity contribution < 1.29 is 4.79 Å². The molecule has 5 nitrogen and oxygen atoms in total. The Balaban J connectivity index is 1.23. The molecular formula is C29H30BrClN4O. The Morgan fingerprint density at radius 1 is 1.06 bits per heavy atom. The topological polar surface area (TPSA) is 50.2 Å². The van der Waals surface area contributed by atoms with Gasteiger partial charge in [0.05, 0.1) is 11.0 Å². The number of piperidine rings is 1. The summed E-state index contributed by atoms with van der Waals surface area (Å²) < 4.78 is 3.40. The van der Waals surface area contributed by atoms with E-state index in [4.69, 9.17) is 16.6 Å². The van der Waals surface area contributed by atoms with Crippen LogP contribution in [0.5, 0.6) is 0 Å². The number of halogens is 2. The number of carbonyl (C=O) groups excluding carboxylic acids is 1. The van der Waals surface area contributed by atoms with E-state index in [9.17, 15) is 4.79 Å². The van der Waals surface area contributed by atoms with Gasteiger partial charge in [-0.25, -0.2) is 4.98 Å². The highest BCUT2D eigenvalue weighted by atomic mass is 79.9. The van der Waals surface area contributed by atoms with Gasteiger partial charge in [0.2, 0.25) is 5.91 Å². The Hall–Kier alpha value is -2.67. The maximum absolute atomic E-state index is 11.4. The molecule has 1 N–H and O–H groups in total. The second kappa shape index (κ2) is 11.2. The van der Waals surface area contributed by atoms with Crippen molar-refractivity contribution in [1.82, 2.24) is 14.5 Å². The summed E-state index contributed by atoms with van der Waals surface area (Å²) in [5.41, 5.74) is 5.44. The second-order valence-corrected chi connectivity index (χ2v) is 10.9. The summed E-state index contributed by atoms with van der Waals surface area (Å²) in [6.07, 6.45) is 3.34. The van der Waals surface area contributed by atoms with Crippen LogP contribution >= 0.6 is 27.5 Å². The Morgan fingerprint density at radius 3 is 2.58 bits per heavy atom. The maximum atomic E-state index is 11.4. The number of hydrogen-bond acceptors (Lipinski definition) is 3. The molecule has 186 valence electrons. The van der Waals surface area contributed by atoms with E-state index >= 15 is 0 Å². The van der Waals surface area contributed by atoms with Gasteiger partial charge in [-0.05, 0) is 105 Å². The van der Waals surface area contributed by atoms with Gasteiger partial charge in [-0.2, -0.15) is 0 Å². The van der Waals surface area contributed by atoms with Crippen molar-refractivity contribution >= 4 is 50.2 Å². The Morgan fingerprint density at radius 2 is 1.83 bits per heavy atom. The molecule has 0 bridgehead atoms. The smallest absolute Gasteiger partial charge is 0.221 e. The third-order valence-electron chi connectivity index (χ3n) is 6.93. The second-order valence-electron chi connectivity index (χ2n) is 9.50. The molecule has 0 spiro atoms. The SMILES string of the molecule is CC(=O)Nc1cccc(C2CCN(CCCn3c(-c4ccc(Cl)cc4)nc4ccc(Br)cc43)CC2)c1. The van der Waals surface area contributed by atoms with Gasteiger partial charge in [-0.1, -0.05) is 39.7 Å². The van der Waals surface area contributed by atoms with Crippen molar-refractivity contribution in [2.24, 2.45) is 0 Å². The van der Waals surface area contributed by atoms with E-state index in [1.807, 2.05) is 42.5 Å². The molecule has 0 radical (unpaired) electrons. The van der Waals surface area contributed by atoms with Crippen molar-refractivity contribution in [3.05, 3.63) is 81.8 Å². The number of benzene rings is 3. The van der Waals surface area contributed by atoms with Gasteiger partial charge >= 0.3 is 0 Å². The number of anilines is 1. The van der Waals surface area contributed by atoms with E-state index in [1.165, 1.54) is 5.56 Å². The number of carbonyl (C=O) groups is 1. The number of nitrogens with zero attached hydrogens (tertiary/aromatic N) is 3. The van der Waals surface area contributed by atoms with Gasteiger partial charge in [0, 0.05) is 34.2 Å². The summed E-state index contributed by atoms with van der Waals surface area (Å²) in [5, 5.41) is 3.63. The van der Waals surface area contributed by atoms with Crippen LogP contribution in [-0.2, 0) is 11.3 Å². The van der Waals surface area contributed by atoms with E-state index in [0.717, 1.165) is 83.0 Å². The number of likely N-dealkylation sites (tertiary alicyclic amines) is 1. The van der Waals surface area contributed by atoms with Crippen molar-refractivity contribution in [2.45, 2.75) is 38.6 Å². The molecule has 0 aliphatic carbocycles. The molecule has 1 amide bonds. The van der Waals surface area contributed by atoms with Crippen LogP contribution in [0.15, 0.2) is 71.2 Å². The molecule has 1 aromatic heterocycles. The Bertz CT molecular complexity index is 1360. The molecule has 1 saturated heterocycles. The minimum atomic E-state index is -0.0285. The van der Waals surface area contributed by atoms with Gasteiger partial charge in [-0.3, -0.25) is 4.79 Å². The molecule has 1 aliphatic heterocycles. The molecule has 2 heterocycles. The monoisotopic (exact) mass is 564 g/mol. The first-order chi connectivity index (χ1) is 17.5. The van der Waals surface area contributed by atoms with Crippen LogP contribution in [-0.4, -0.2) is 40.0 Å². The molecule has 3 aromatic carbocycles. The number of nitrogens with one attached hydrogen (secondary N) is 1. The molecule has 5 rings (SSSR count). The predicted octanol–water partition coefficient (Wildman–Crippen LogP) is 7.35. The van der Waals surface area contributed by atoms with Gasteiger partial charge in [0.15, 0.2) is 0 Å². The first-order valence-electron chi connectivity index (χ1n) is 12.5. The molecular weight excluding hydrogens is 536 g/mol. The zero-order valence-electron chi connectivity index (χ0n) is 20.4. The van der Waals surface area contributed by atoms with E-state index in [0.29, 0.717) is 5.92 Å². The summed E-state index contributed by atoms with van der Waals surface area (Å²) in [5.74, 6) is 1.50. The highest BCUT2D eigenvalue weighted by molar-refractivity contribution is 9.10. The number of hydrogen-bond donors (Lipinski definition) is 1. The minimum Gasteiger partial charge on any atom is -0.326 e. The Labute approximate surface area is 225 Å². The minimum absolute atomic E-state index is 0.0285. The van der Waals surface area contributed by atoms with E-state index in [-0.39, 0.29) is 5.91 Å². The lowest BCUT2D eigenvalue weighted by atomic mass is 9.89. The van der Waals surface area contributed by atoms with Gasteiger partial charge < -0.3 is 14.8 Å². The Kier molecular flexibility index (Phi) is 7.75. The van der Waals surface area contributed by atoms with Crippen molar-refractivity contribution in [1.29, 1.82) is 0 Å².